The fraction of sp³-hybridized carbons (Fsp3) is 0.0952. The zero-order chi connectivity index (χ0) is 17.2. The highest BCUT2D eigenvalue weighted by atomic mass is 79.9. The molecule has 1 atom stereocenters. The third kappa shape index (κ3) is 3.55. The number of rotatable bonds is 3. The summed E-state index contributed by atoms with van der Waals surface area (Å²) >= 11 is 7.10. The molecule has 4 heteroatoms. The predicted molar refractivity (Wildman–Crippen MR) is 111 cm³/mol. The van der Waals surface area contributed by atoms with Gasteiger partial charge in [-0.2, -0.15) is 5.10 Å². The SMILES string of the molecule is Brc1ccc(C2CC(c3ccccc3)=NN2c2cccc(Br)c2)cc1. The molecule has 1 aliphatic heterocycles. The molecule has 1 unspecified atom stereocenters. The number of hydrogen-bond acceptors (Lipinski definition) is 2. The van der Waals surface area contributed by atoms with Gasteiger partial charge in [0.2, 0.25) is 0 Å². The Morgan fingerprint density at radius 2 is 1.56 bits per heavy atom. The highest BCUT2D eigenvalue weighted by Crippen LogP contribution is 2.37. The molecule has 1 heterocycles. The van der Waals surface area contributed by atoms with Crippen molar-refractivity contribution in [3.63, 3.8) is 0 Å². The summed E-state index contributed by atoms with van der Waals surface area (Å²) in [6.45, 7) is 0. The van der Waals surface area contributed by atoms with Gasteiger partial charge in [0.1, 0.15) is 0 Å². The van der Waals surface area contributed by atoms with Gasteiger partial charge >= 0.3 is 0 Å². The van der Waals surface area contributed by atoms with Crippen LogP contribution in [-0.4, -0.2) is 5.71 Å². The first kappa shape index (κ1) is 16.6. The van der Waals surface area contributed by atoms with Crippen molar-refractivity contribution in [3.8, 4) is 0 Å². The van der Waals surface area contributed by atoms with Gasteiger partial charge in [0, 0.05) is 15.4 Å². The van der Waals surface area contributed by atoms with E-state index in [0.29, 0.717) is 0 Å². The van der Waals surface area contributed by atoms with E-state index in [1.54, 1.807) is 0 Å². The lowest BCUT2D eigenvalue weighted by molar-refractivity contribution is 0.708. The number of nitrogens with zero attached hydrogens (tertiary/aromatic N) is 2. The number of anilines is 1. The van der Waals surface area contributed by atoms with Crippen LogP contribution in [0.4, 0.5) is 5.69 Å². The van der Waals surface area contributed by atoms with E-state index in [1.165, 1.54) is 11.1 Å². The standard InChI is InChI=1S/C21H16Br2N2/c22-17-11-9-16(10-12-17)21-14-20(15-5-2-1-3-6-15)24-25(21)19-8-4-7-18(23)13-19/h1-13,21H,14H2. The van der Waals surface area contributed by atoms with Gasteiger partial charge in [0.05, 0.1) is 17.4 Å². The quantitative estimate of drug-likeness (QED) is 0.436. The topological polar surface area (TPSA) is 15.6 Å². The van der Waals surface area contributed by atoms with Crippen LogP contribution in [0.3, 0.4) is 0 Å². The van der Waals surface area contributed by atoms with Gasteiger partial charge in [-0.1, -0.05) is 80.4 Å². The second-order valence-electron chi connectivity index (χ2n) is 6.01. The van der Waals surface area contributed by atoms with Crippen molar-refractivity contribution < 1.29 is 0 Å². The van der Waals surface area contributed by atoms with Crippen molar-refractivity contribution >= 4 is 43.3 Å². The van der Waals surface area contributed by atoms with Crippen molar-refractivity contribution in [1.29, 1.82) is 0 Å². The van der Waals surface area contributed by atoms with E-state index in [9.17, 15) is 0 Å². The highest BCUT2D eigenvalue weighted by Gasteiger charge is 2.29. The minimum absolute atomic E-state index is 0.192. The van der Waals surface area contributed by atoms with Crippen LogP contribution in [0.15, 0.2) is 92.9 Å². The maximum atomic E-state index is 4.97. The van der Waals surface area contributed by atoms with E-state index in [2.05, 4.69) is 97.5 Å². The van der Waals surface area contributed by atoms with Crippen molar-refractivity contribution in [1.82, 2.24) is 0 Å². The first-order valence-electron chi connectivity index (χ1n) is 8.14. The molecule has 3 aromatic rings. The summed E-state index contributed by atoms with van der Waals surface area (Å²) in [6.07, 6.45) is 0.887. The minimum Gasteiger partial charge on any atom is -0.257 e. The van der Waals surface area contributed by atoms with Crippen molar-refractivity contribution in [2.75, 3.05) is 5.01 Å². The molecule has 0 fully saturated rings. The number of hydrazone groups is 1. The Balaban J connectivity index is 1.76. The van der Waals surface area contributed by atoms with Gasteiger partial charge in [0.25, 0.3) is 0 Å². The van der Waals surface area contributed by atoms with E-state index in [1.807, 2.05) is 18.2 Å². The Kier molecular flexibility index (Phi) is 4.73. The maximum Gasteiger partial charge on any atom is 0.0831 e. The molecule has 0 radical (unpaired) electrons. The molecular formula is C21H16Br2N2. The van der Waals surface area contributed by atoms with Crippen LogP contribution < -0.4 is 5.01 Å². The van der Waals surface area contributed by atoms with Gasteiger partial charge in [-0.25, -0.2) is 0 Å². The number of hydrogen-bond donors (Lipinski definition) is 0. The summed E-state index contributed by atoms with van der Waals surface area (Å²) in [5.41, 5.74) is 4.65. The van der Waals surface area contributed by atoms with Crippen molar-refractivity contribution in [3.05, 3.63) is 98.9 Å². The molecular weight excluding hydrogens is 440 g/mol. The van der Waals surface area contributed by atoms with Crippen LogP contribution in [0.25, 0.3) is 0 Å². The lowest BCUT2D eigenvalue weighted by Gasteiger charge is -2.24. The van der Waals surface area contributed by atoms with E-state index in [-0.39, 0.29) is 6.04 Å². The Bertz CT molecular complexity index is 905. The molecule has 0 aliphatic carbocycles. The molecule has 4 rings (SSSR count). The lowest BCUT2D eigenvalue weighted by atomic mass is 9.98. The summed E-state index contributed by atoms with van der Waals surface area (Å²) in [7, 11) is 0. The summed E-state index contributed by atoms with van der Waals surface area (Å²) in [6, 6.07) is 27.4. The van der Waals surface area contributed by atoms with Crippen LogP contribution in [0.1, 0.15) is 23.6 Å². The zero-order valence-corrected chi connectivity index (χ0v) is 16.6. The third-order valence-corrected chi connectivity index (χ3v) is 5.37. The molecule has 124 valence electrons. The summed E-state index contributed by atoms with van der Waals surface area (Å²) in [5, 5.41) is 7.10. The van der Waals surface area contributed by atoms with Crippen LogP contribution >= 0.6 is 31.9 Å². The Morgan fingerprint density at radius 3 is 2.28 bits per heavy atom. The van der Waals surface area contributed by atoms with Crippen molar-refractivity contribution in [2.24, 2.45) is 5.10 Å². The second-order valence-corrected chi connectivity index (χ2v) is 7.84. The molecule has 0 spiro atoms. The molecule has 3 aromatic carbocycles. The molecule has 1 aliphatic rings. The van der Waals surface area contributed by atoms with Crippen molar-refractivity contribution in [2.45, 2.75) is 12.5 Å². The van der Waals surface area contributed by atoms with Crippen LogP contribution in [0.5, 0.6) is 0 Å². The van der Waals surface area contributed by atoms with Crippen LogP contribution in [0, 0.1) is 0 Å². The van der Waals surface area contributed by atoms with Gasteiger partial charge in [0.15, 0.2) is 0 Å². The monoisotopic (exact) mass is 454 g/mol. The molecule has 0 amide bonds. The summed E-state index contributed by atoms with van der Waals surface area (Å²) < 4.78 is 2.15. The minimum atomic E-state index is 0.192. The molecule has 0 bridgehead atoms. The fourth-order valence-corrected chi connectivity index (χ4v) is 3.77. The summed E-state index contributed by atoms with van der Waals surface area (Å²) in [5.74, 6) is 0. The molecule has 0 aromatic heterocycles. The van der Waals surface area contributed by atoms with Gasteiger partial charge < -0.3 is 0 Å². The molecule has 0 saturated carbocycles. The average molecular weight is 456 g/mol. The van der Waals surface area contributed by atoms with Gasteiger partial charge in [-0.3, -0.25) is 5.01 Å². The van der Waals surface area contributed by atoms with E-state index in [4.69, 9.17) is 5.10 Å². The Labute approximate surface area is 164 Å². The summed E-state index contributed by atoms with van der Waals surface area (Å²) in [4.78, 5) is 0. The molecule has 25 heavy (non-hydrogen) atoms. The maximum absolute atomic E-state index is 4.97. The fourth-order valence-electron chi connectivity index (χ4n) is 3.12. The van der Waals surface area contributed by atoms with Gasteiger partial charge in [-0.15, -0.1) is 0 Å². The van der Waals surface area contributed by atoms with Crippen LogP contribution in [-0.2, 0) is 0 Å². The van der Waals surface area contributed by atoms with E-state index in [0.717, 1.165) is 26.8 Å². The number of benzene rings is 3. The van der Waals surface area contributed by atoms with E-state index >= 15 is 0 Å². The smallest absolute Gasteiger partial charge is 0.0831 e. The van der Waals surface area contributed by atoms with E-state index < -0.39 is 0 Å². The average Bonchev–Trinajstić information content (AvgIpc) is 3.08. The first-order chi connectivity index (χ1) is 12.2. The predicted octanol–water partition coefficient (Wildman–Crippen LogP) is 6.57. The Morgan fingerprint density at radius 1 is 0.800 bits per heavy atom. The largest absolute Gasteiger partial charge is 0.257 e. The number of halogens is 2. The lowest BCUT2D eigenvalue weighted by Crippen LogP contribution is -2.18. The molecule has 0 saturated heterocycles. The van der Waals surface area contributed by atoms with Gasteiger partial charge in [-0.05, 0) is 41.5 Å². The van der Waals surface area contributed by atoms with Crippen LogP contribution in [0.2, 0.25) is 0 Å². The molecule has 2 nitrogen and oxygen atoms in total. The molecule has 0 N–H and O–H groups in total. The second kappa shape index (κ2) is 7.14. The Hall–Kier alpha value is -1.91. The highest BCUT2D eigenvalue weighted by molar-refractivity contribution is 9.10. The zero-order valence-electron chi connectivity index (χ0n) is 13.4. The normalized spacial score (nSPS) is 16.8. The first-order valence-corrected chi connectivity index (χ1v) is 9.72. The third-order valence-electron chi connectivity index (χ3n) is 4.34.